The van der Waals surface area contributed by atoms with Crippen LogP contribution in [-0.4, -0.2) is 6.04 Å². The number of nitriles is 2. The van der Waals surface area contributed by atoms with Crippen LogP contribution in [0.25, 0.3) is 12.2 Å². The fourth-order valence-electron chi connectivity index (χ4n) is 2.64. The lowest BCUT2D eigenvalue weighted by Gasteiger charge is -2.10. The highest BCUT2D eigenvalue weighted by Gasteiger charge is 2.10. The monoisotopic (exact) mass is 341 g/mol. The molecule has 0 amide bonds. The molecule has 2 rings (SSSR count). The summed E-state index contributed by atoms with van der Waals surface area (Å²) in [6.45, 7) is 4.05. The van der Waals surface area contributed by atoms with E-state index < -0.39 is 0 Å². The zero-order valence-corrected chi connectivity index (χ0v) is 15.2. The van der Waals surface area contributed by atoms with Crippen LogP contribution in [0.15, 0.2) is 59.7 Å². The van der Waals surface area contributed by atoms with Crippen LogP contribution in [0.5, 0.6) is 0 Å². The summed E-state index contributed by atoms with van der Waals surface area (Å²) in [5, 5.41) is 18.8. The molecule has 0 aromatic heterocycles. The van der Waals surface area contributed by atoms with Crippen LogP contribution in [0.4, 0.5) is 0 Å². The molecule has 0 aliphatic carbocycles. The maximum atomic E-state index is 9.39. The SMILES string of the molecule is Cc1ccc(/C=C(\C#N)CC(N)C/C(C#N)=C\c2ccc(C)cc2)cc1. The van der Waals surface area contributed by atoms with E-state index in [0.29, 0.717) is 24.0 Å². The first-order valence-electron chi connectivity index (χ1n) is 8.60. The van der Waals surface area contributed by atoms with Gasteiger partial charge in [-0.3, -0.25) is 0 Å². The third kappa shape index (κ3) is 6.06. The van der Waals surface area contributed by atoms with Crippen molar-refractivity contribution in [3.05, 3.63) is 81.9 Å². The molecule has 26 heavy (non-hydrogen) atoms. The van der Waals surface area contributed by atoms with Gasteiger partial charge in [-0.15, -0.1) is 0 Å². The molecule has 0 saturated carbocycles. The van der Waals surface area contributed by atoms with Crippen molar-refractivity contribution in [2.24, 2.45) is 5.73 Å². The zero-order chi connectivity index (χ0) is 18.9. The van der Waals surface area contributed by atoms with Gasteiger partial charge in [-0.1, -0.05) is 59.7 Å². The molecule has 3 heteroatoms. The molecule has 130 valence electrons. The van der Waals surface area contributed by atoms with E-state index in [2.05, 4.69) is 12.1 Å². The molecule has 0 bridgehead atoms. The minimum atomic E-state index is -0.275. The van der Waals surface area contributed by atoms with Crippen molar-refractivity contribution < 1.29 is 0 Å². The van der Waals surface area contributed by atoms with Crippen LogP contribution in [0.3, 0.4) is 0 Å². The van der Waals surface area contributed by atoms with E-state index in [1.165, 1.54) is 11.1 Å². The molecular formula is C23H23N3. The molecule has 0 aliphatic heterocycles. The van der Waals surface area contributed by atoms with Gasteiger partial charge in [0.1, 0.15) is 0 Å². The van der Waals surface area contributed by atoms with Gasteiger partial charge in [0.2, 0.25) is 0 Å². The summed E-state index contributed by atoms with van der Waals surface area (Å²) in [7, 11) is 0. The second-order valence-electron chi connectivity index (χ2n) is 6.55. The molecule has 3 nitrogen and oxygen atoms in total. The van der Waals surface area contributed by atoms with Crippen LogP contribution in [0.2, 0.25) is 0 Å². The predicted molar refractivity (Wildman–Crippen MR) is 107 cm³/mol. The van der Waals surface area contributed by atoms with Gasteiger partial charge in [0.05, 0.1) is 12.1 Å². The fraction of sp³-hybridized carbons (Fsp3) is 0.217. The van der Waals surface area contributed by atoms with Crippen molar-refractivity contribution in [3.63, 3.8) is 0 Å². The Bertz CT molecular complexity index is 798. The van der Waals surface area contributed by atoms with Crippen molar-refractivity contribution in [3.8, 4) is 12.1 Å². The number of hydrogen-bond acceptors (Lipinski definition) is 3. The summed E-state index contributed by atoms with van der Waals surface area (Å²) in [6.07, 6.45) is 4.60. The second kappa shape index (κ2) is 9.37. The van der Waals surface area contributed by atoms with E-state index in [0.717, 1.165) is 11.1 Å². The Kier molecular flexibility index (Phi) is 6.92. The Morgan fingerprint density at radius 3 is 1.46 bits per heavy atom. The molecule has 0 aliphatic rings. The average Bonchev–Trinajstić information content (AvgIpc) is 2.64. The van der Waals surface area contributed by atoms with E-state index in [-0.39, 0.29) is 6.04 Å². The second-order valence-corrected chi connectivity index (χ2v) is 6.55. The highest BCUT2D eigenvalue weighted by Crippen LogP contribution is 2.17. The molecule has 2 aromatic carbocycles. The van der Waals surface area contributed by atoms with Crippen molar-refractivity contribution >= 4 is 12.2 Å². The average molecular weight is 341 g/mol. The Labute approximate surface area is 155 Å². The van der Waals surface area contributed by atoms with Gasteiger partial charge in [0.15, 0.2) is 0 Å². The number of rotatable bonds is 6. The third-order valence-corrected chi connectivity index (χ3v) is 4.09. The fourth-order valence-corrected chi connectivity index (χ4v) is 2.64. The van der Waals surface area contributed by atoms with Gasteiger partial charge < -0.3 is 5.73 Å². The Morgan fingerprint density at radius 2 is 1.15 bits per heavy atom. The lowest BCUT2D eigenvalue weighted by atomic mass is 9.98. The van der Waals surface area contributed by atoms with Gasteiger partial charge in [0.25, 0.3) is 0 Å². The van der Waals surface area contributed by atoms with E-state index in [9.17, 15) is 10.5 Å². The quantitative estimate of drug-likeness (QED) is 0.757. The first-order valence-corrected chi connectivity index (χ1v) is 8.60. The number of hydrogen-bond donors (Lipinski definition) is 1. The minimum Gasteiger partial charge on any atom is -0.327 e. The van der Waals surface area contributed by atoms with Gasteiger partial charge in [-0.25, -0.2) is 0 Å². The third-order valence-electron chi connectivity index (χ3n) is 4.09. The van der Waals surface area contributed by atoms with Gasteiger partial charge in [-0.05, 0) is 50.0 Å². The number of nitrogens with zero attached hydrogens (tertiary/aromatic N) is 2. The van der Waals surface area contributed by atoms with Crippen LogP contribution in [0.1, 0.15) is 35.1 Å². The highest BCUT2D eigenvalue weighted by atomic mass is 14.6. The molecule has 2 N–H and O–H groups in total. The molecule has 0 heterocycles. The predicted octanol–water partition coefficient (Wildman–Crippen LogP) is 4.93. The van der Waals surface area contributed by atoms with Crippen LogP contribution < -0.4 is 5.73 Å². The molecule has 2 aromatic rings. The summed E-state index contributed by atoms with van der Waals surface area (Å²) in [6, 6.07) is 20.1. The standard InChI is InChI=1S/C23H23N3/c1-17-3-7-19(8-4-17)11-21(15-24)13-23(26)14-22(16-25)12-20-9-5-18(2)6-10-20/h3-12,23H,13-14,26H2,1-2H3/b21-11-,22-12+. The van der Waals surface area contributed by atoms with E-state index >= 15 is 0 Å². The maximum Gasteiger partial charge on any atom is 0.0947 e. The van der Waals surface area contributed by atoms with Crippen molar-refractivity contribution in [2.45, 2.75) is 32.7 Å². The largest absolute Gasteiger partial charge is 0.327 e. The van der Waals surface area contributed by atoms with Gasteiger partial charge in [0, 0.05) is 17.2 Å². The molecule has 0 fully saturated rings. The Hall–Kier alpha value is -3.14. The van der Waals surface area contributed by atoms with Crippen LogP contribution in [0, 0.1) is 36.5 Å². The molecule has 0 spiro atoms. The minimum absolute atomic E-state index is 0.275. The van der Waals surface area contributed by atoms with Gasteiger partial charge in [-0.2, -0.15) is 10.5 Å². The molecule has 1 unspecified atom stereocenters. The van der Waals surface area contributed by atoms with E-state index in [1.54, 1.807) is 0 Å². The van der Waals surface area contributed by atoms with Crippen molar-refractivity contribution in [2.75, 3.05) is 0 Å². The molecule has 0 saturated heterocycles. The molecular weight excluding hydrogens is 318 g/mol. The summed E-state index contributed by atoms with van der Waals surface area (Å²) < 4.78 is 0. The normalized spacial score (nSPS) is 13.0. The lowest BCUT2D eigenvalue weighted by molar-refractivity contribution is 0.675. The first kappa shape index (κ1) is 19.2. The zero-order valence-electron chi connectivity index (χ0n) is 15.2. The maximum absolute atomic E-state index is 9.39. The Balaban J connectivity index is 2.06. The number of aryl methyl sites for hydroxylation is 2. The Morgan fingerprint density at radius 1 is 0.808 bits per heavy atom. The topological polar surface area (TPSA) is 73.6 Å². The lowest BCUT2D eigenvalue weighted by Crippen LogP contribution is -2.20. The van der Waals surface area contributed by atoms with Crippen molar-refractivity contribution in [1.29, 1.82) is 10.5 Å². The summed E-state index contributed by atoms with van der Waals surface area (Å²) in [5.74, 6) is 0. The van der Waals surface area contributed by atoms with E-state index in [1.807, 2.05) is 74.5 Å². The first-order chi connectivity index (χ1) is 12.5. The van der Waals surface area contributed by atoms with Crippen LogP contribution >= 0.6 is 0 Å². The smallest absolute Gasteiger partial charge is 0.0947 e. The summed E-state index contributed by atoms with van der Waals surface area (Å²) in [4.78, 5) is 0. The summed E-state index contributed by atoms with van der Waals surface area (Å²) >= 11 is 0. The van der Waals surface area contributed by atoms with E-state index in [4.69, 9.17) is 5.73 Å². The highest BCUT2D eigenvalue weighted by molar-refractivity contribution is 5.59. The van der Waals surface area contributed by atoms with Crippen molar-refractivity contribution in [1.82, 2.24) is 0 Å². The molecule has 0 radical (unpaired) electrons. The van der Waals surface area contributed by atoms with Gasteiger partial charge >= 0.3 is 0 Å². The molecule has 1 atom stereocenters. The number of nitrogens with two attached hydrogens (primary N) is 1. The summed E-state index contributed by atoms with van der Waals surface area (Å²) in [5.41, 5.74) is 11.8. The van der Waals surface area contributed by atoms with Crippen LogP contribution in [-0.2, 0) is 0 Å². The number of benzene rings is 2.